The summed E-state index contributed by atoms with van der Waals surface area (Å²) in [6.45, 7) is 1.41. The van der Waals surface area contributed by atoms with Crippen LogP contribution in [0.3, 0.4) is 0 Å². The van der Waals surface area contributed by atoms with Crippen molar-refractivity contribution in [2.24, 2.45) is 5.92 Å². The Morgan fingerprint density at radius 3 is 2.36 bits per heavy atom. The largest absolute Gasteiger partial charge is 0.468 e. The van der Waals surface area contributed by atoms with Gasteiger partial charge in [-0.25, -0.2) is 4.79 Å². The van der Waals surface area contributed by atoms with Gasteiger partial charge < -0.3 is 19.7 Å². The van der Waals surface area contributed by atoms with E-state index in [1.807, 2.05) is 0 Å². The normalized spacial score (nSPS) is 20.5. The molecule has 2 heterocycles. The minimum absolute atomic E-state index is 0.0622. The van der Waals surface area contributed by atoms with Gasteiger partial charge in [0.15, 0.2) is 0 Å². The lowest BCUT2D eigenvalue weighted by Crippen LogP contribution is -2.44. The second-order valence-corrected chi connectivity index (χ2v) is 8.65. The number of nitriles is 1. The van der Waals surface area contributed by atoms with Gasteiger partial charge in [-0.1, -0.05) is 23.9 Å². The molecular weight excluding hydrogens is 446 g/mol. The van der Waals surface area contributed by atoms with Crippen molar-refractivity contribution in [3.63, 3.8) is 0 Å². The number of nitrogens with zero attached hydrogens (tertiary/aromatic N) is 2. The molecule has 0 aliphatic carbocycles. The number of esters is 2. The van der Waals surface area contributed by atoms with Crippen molar-refractivity contribution in [1.82, 2.24) is 10.2 Å². The van der Waals surface area contributed by atoms with Crippen molar-refractivity contribution in [2.75, 3.05) is 33.1 Å². The summed E-state index contributed by atoms with van der Waals surface area (Å²) in [6.07, 6.45) is 3.02. The van der Waals surface area contributed by atoms with Crippen molar-refractivity contribution >= 4 is 35.5 Å². The first kappa shape index (κ1) is 24.3. The van der Waals surface area contributed by atoms with Gasteiger partial charge in [0.2, 0.25) is 11.8 Å². The van der Waals surface area contributed by atoms with Gasteiger partial charge in [0, 0.05) is 19.0 Å². The highest BCUT2D eigenvalue weighted by atomic mass is 32.2. The quantitative estimate of drug-likeness (QED) is 0.493. The average Bonchev–Trinajstić information content (AvgIpc) is 2.86. The fourth-order valence-corrected chi connectivity index (χ4v) is 4.94. The molecule has 10 heteroatoms. The van der Waals surface area contributed by atoms with Crippen molar-refractivity contribution in [3.05, 3.63) is 46.0 Å². The summed E-state index contributed by atoms with van der Waals surface area (Å²) in [5, 5.41) is 12.8. The number of amides is 2. The summed E-state index contributed by atoms with van der Waals surface area (Å²) in [5.41, 5.74) is 0.942. The number of likely N-dealkylation sites (tertiary alicyclic amines) is 1. The Morgan fingerprint density at radius 2 is 1.79 bits per heavy atom. The first-order chi connectivity index (χ1) is 15.9. The van der Waals surface area contributed by atoms with E-state index >= 15 is 0 Å². The summed E-state index contributed by atoms with van der Waals surface area (Å²) >= 11 is 1.07. The Kier molecular flexibility index (Phi) is 8.11. The second kappa shape index (κ2) is 11.0. The van der Waals surface area contributed by atoms with E-state index in [0.29, 0.717) is 24.2 Å². The van der Waals surface area contributed by atoms with E-state index in [2.05, 4.69) is 11.4 Å². The Bertz CT molecular complexity index is 1010. The molecule has 9 nitrogen and oxygen atoms in total. The molecule has 0 spiro atoms. The molecule has 33 heavy (non-hydrogen) atoms. The van der Waals surface area contributed by atoms with Crippen LogP contribution in [0.2, 0.25) is 0 Å². The van der Waals surface area contributed by atoms with Crippen LogP contribution in [0.4, 0.5) is 0 Å². The van der Waals surface area contributed by atoms with Crippen LogP contribution < -0.4 is 5.32 Å². The van der Waals surface area contributed by atoms with Crippen molar-refractivity contribution in [1.29, 1.82) is 5.26 Å². The van der Waals surface area contributed by atoms with Crippen LogP contribution in [0.15, 0.2) is 34.9 Å². The van der Waals surface area contributed by atoms with Gasteiger partial charge in [-0.15, -0.1) is 0 Å². The molecule has 0 radical (unpaired) electrons. The van der Waals surface area contributed by atoms with Crippen molar-refractivity contribution in [3.8, 4) is 6.07 Å². The maximum absolute atomic E-state index is 12.9. The predicted molar refractivity (Wildman–Crippen MR) is 120 cm³/mol. The van der Waals surface area contributed by atoms with Crippen LogP contribution in [0.1, 0.15) is 41.1 Å². The minimum atomic E-state index is -1.28. The number of rotatable bonds is 6. The molecule has 2 atom stereocenters. The van der Waals surface area contributed by atoms with E-state index in [4.69, 9.17) is 9.47 Å². The lowest BCUT2D eigenvalue weighted by atomic mass is 9.78. The molecule has 1 N–H and O–H groups in total. The maximum Gasteiger partial charge on any atom is 0.337 e. The van der Waals surface area contributed by atoms with Gasteiger partial charge in [-0.3, -0.25) is 14.4 Å². The Balaban J connectivity index is 1.93. The first-order valence-corrected chi connectivity index (χ1v) is 11.5. The number of ether oxygens (including phenoxy) is 2. The molecule has 1 fully saturated rings. The number of piperidine rings is 1. The van der Waals surface area contributed by atoms with E-state index in [-0.39, 0.29) is 22.3 Å². The topological polar surface area (TPSA) is 126 Å². The Labute approximate surface area is 196 Å². The molecule has 0 unspecified atom stereocenters. The molecular formula is C23H25N3O6S. The molecule has 2 aliphatic rings. The molecule has 1 saturated heterocycles. The second-order valence-electron chi connectivity index (χ2n) is 7.67. The monoisotopic (exact) mass is 471 g/mol. The first-order valence-electron chi connectivity index (χ1n) is 10.5. The van der Waals surface area contributed by atoms with Gasteiger partial charge in [-0.2, -0.15) is 5.26 Å². The van der Waals surface area contributed by atoms with Crippen LogP contribution in [0.25, 0.3) is 0 Å². The number of carbonyl (C=O) groups is 4. The van der Waals surface area contributed by atoms with Crippen LogP contribution in [-0.4, -0.2) is 61.7 Å². The third-order valence-corrected chi connectivity index (χ3v) is 6.73. The molecule has 3 rings (SSSR count). The van der Waals surface area contributed by atoms with Gasteiger partial charge in [-0.05, 0) is 37.0 Å². The number of allylic oxidation sites excluding steroid dienone is 1. The predicted octanol–water partition coefficient (Wildman–Crippen LogP) is 1.96. The molecule has 1 aromatic carbocycles. The summed E-state index contributed by atoms with van der Waals surface area (Å²) in [5.74, 6) is -4.13. The van der Waals surface area contributed by atoms with Gasteiger partial charge >= 0.3 is 11.9 Å². The fourth-order valence-electron chi connectivity index (χ4n) is 3.99. The number of benzene rings is 1. The highest BCUT2D eigenvalue weighted by Crippen LogP contribution is 2.40. The van der Waals surface area contributed by atoms with Crippen LogP contribution >= 0.6 is 11.8 Å². The fraction of sp³-hybridized carbons (Fsp3) is 0.435. The maximum atomic E-state index is 12.9. The van der Waals surface area contributed by atoms with E-state index in [0.717, 1.165) is 31.0 Å². The summed E-state index contributed by atoms with van der Waals surface area (Å²) < 4.78 is 9.52. The third-order valence-electron chi connectivity index (χ3n) is 5.72. The summed E-state index contributed by atoms with van der Waals surface area (Å²) in [7, 11) is 2.44. The van der Waals surface area contributed by atoms with Crippen molar-refractivity contribution in [2.45, 2.75) is 25.2 Å². The number of thioether (sulfide) groups is 1. The van der Waals surface area contributed by atoms with Gasteiger partial charge in [0.25, 0.3) is 0 Å². The summed E-state index contributed by atoms with van der Waals surface area (Å²) in [4.78, 5) is 51.5. The number of methoxy groups -OCH3 is 2. The Hall–Kier alpha value is -3.32. The highest BCUT2D eigenvalue weighted by molar-refractivity contribution is 8.03. The van der Waals surface area contributed by atoms with E-state index in [9.17, 15) is 24.4 Å². The van der Waals surface area contributed by atoms with Crippen LogP contribution in [0, 0.1) is 17.2 Å². The minimum Gasteiger partial charge on any atom is -0.468 e. The molecule has 0 aromatic heterocycles. The standard InChI is InChI=1S/C23H25N3O6S/c1-31-22(29)15-8-6-14(7-9-15)18-16(12-24)21(25-20(28)19(18)23(30)32-2)33-13-17(27)26-10-4-3-5-11-26/h6-9,18-19H,3-5,10-11,13H2,1-2H3,(H,25,28)/t18-,19-/m0/s1. The SMILES string of the molecule is COC(=O)c1ccc([C@H]2C(C#N)=C(SCC(=O)N3CCCCC3)NC(=O)[C@H]2C(=O)OC)cc1. The molecule has 174 valence electrons. The zero-order valence-corrected chi connectivity index (χ0v) is 19.3. The van der Waals surface area contributed by atoms with E-state index in [1.165, 1.54) is 26.4 Å². The molecule has 1 aromatic rings. The zero-order valence-electron chi connectivity index (χ0n) is 18.5. The number of hydrogen-bond acceptors (Lipinski definition) is 8. The summed E-state index contributed by atoms with van der Waals surface area (Å²) in [6, 6.07) is 8.26. The molecule has 2 aliphatic heterocycles. The molecule has 0 saturated carbocycles. The van der Waals surface area contributed by atoms with Crippen molar-refractivity contribution < 1.29 is 28.7 Å². The lowest BCUT2D eigenvalue weighted by Gasteiger charge is -2.31. The lowest BCUT2D eigenvalue weighted by molar-refractivity contribution is -0.150. The van der Waals surface area contributed by atoms with Crippen LogP contribution in [-0.2, 0) is 23.9 Å². The third kappa shape index (κ3) is 5.37. The highest BCUT2D eigenvalue weighted by Gasteiger charge is 2.44. The van der Waals surface area contributed by atoms with Gasteiger partial charge in [0.1, 0.15) is 5.92 Å². The van der Waals surface area contributed by atoms with Gasteiger partial charge in [0.05, 0.1) is 42.2 Å². The molecule has 0 bridgehead atoms. The number of nitrogens with one attached hydrogen (secondary N) is 1. The van der Waals surface area contributed by atoms with Crippen LogP contribution in [0.5, 0.6) is 0 Å². The number of carbonyl (C=O) groups excluding carboxylic acids is 4. The smallest absolute Gasteiger partial charge is 0.337 e. The average molecular weight is 472 g/mol. The van der Waals surface area contributed by atoms with E-state index < -0.39 is 29.7 Å². The molecule has 2 amide bonds. The zero-order chi connectivity index (χ0) is 24.0. The van der Waals surface area contributed by atoms with E-state index in [1.54, 1.807) is 17.0 Å². The Morgan fingerprint density at radius 1 is 1.12 bits per heavy atom. The number of hydrogen-bond donors (Lipinski definition) is 1.